The highest BCUT2D eigenvalue weighted by Crippen LogP contribution is 2.34. The Morgan fingerprint density at radius 2 is 1.86 bits per heavy atom. The lowest BCUT2D eigenvalue weighted by atomic mass is 10.1. The van der Waals surface area contributed by atoms with E-state index >= 15 is 0 Å². The van der Waals surface area contributed by atoms with Crippen molar-refractivity contribution in [3.8, 4) is 10.6 Å². The van der Waals surface area contributed by atoms with Crippen LogP contribution < -0.4 is 0 Å². The maximum absolute atomic E-state index is 12.6. The normalized spacial score (nSPS) is 13.0. The Hall–Kier alpha value is -1.89. The molecule has 1 aromatic heterocycles. The number of rotatable bonds is 3. The molecule has 22 heavy (non-hydrogen) atoms. The molecule has 0 fully saturated rings. The van der Waals surface area contributed by atoms with E-state index < -0.39 is 23.8 Å². The van der Waals surface area contributed by atoms with Gasteiger partial charge in [0.25, 0.3) is 0 Å². The molecule has 0 N–H and O–H groups in total. The van der Waals surface area contributed by atoms with Gasteiger partial charge >= 0.3 is 12.1 Å². The Balaban J connectivity index is 2.29. The molecular weight excluding hydrogens is 315 g/mol. The zero-order valence-electron chi connectivity index (χ0n) is 12.2. The highest BCUT2D eigenvalue weighted by molar-refractivity contribution is 7.15. The number of carbonyl (C=O) groups is 1. The van der Waals surface area contributed by atoms with Crippen molar-refractivity contribution in [2.24, 2.45) is 0 Å². The van der Waals surface area contributed by atoms with Crippen molar-refractivity contribution in [2.45, 2.75) is 33.1 Å². The Morgan fingerprint density at radius 3 is 2.36 bits per heavy atom. The molecule has 1 unspecified atom stereocenters. The summed E-state index contributed by atoms with van der Waals surface area (Å²) >= 11 is 1.35. The fourth-order valence-corrected chi connectivity index (χ4v) is 3.02. The molecule has 0 bridgehead atoms. The van der Waals surface area contributed by atoms with Crippen LogP contribution in [-0.2, 0) is 15.7 Å². The van der Waals surface area contributed by atoms with Crippen molar-refractivity contribution >= 4 is 17.3 Å². The van der Waals surface area contributed by atoms with Crippen molar-refractivity contribution in [1.29, 1.82) is 0 Å². The van der Waals surface area contributed by atoms with E-state index in [0.717, 1.165) is 17.0 Å². The minimum Gasteiger partial charge on any atom is -0.456 e. The third-order valence-electron chi connectivity index (χ3n) is 3.02. The molecule has 1 aromatic carbocycles. The van der Waals surface area contributed by atoms with Crippen molar-refractivity contribution in [1.82, 2.24) is 4.98 Å². The molecule has 0 aliphatic carbocycles. The zero-order chi connectivity index (χ0) is 16.5. The van der Waals surface area contributed by atoms with Gasteiger partial charge in [0.1, 0.15) is 11.1 Å². The predicted octanol–water partition coefficient (Wildman–Crippen LogP) is 4.76. The fourth-order valence-electron chi connectivity index (χ4n) is 2.02. The van der Waals surface area contributed by atoms with Gasteiger partial charge in [-0.25, -0.2) is 4.98 Å². The summed E-state index contributed by atoms with van der Waals surface area (Å²) in [6.45, 7) is 4.86. The second-order valence-corrected chi connectivity index (χ2v) is 5.99. The van der Waals surface area contributed by atoms with Gasteiger partial charge in [-0.3, -0.25) is 4.79 Å². The second kappa shape index (κ2) is 6.08. The average molecular weight is 329 g/mol. The molecule has 118 valence electrons. The topological polar surface area (TPSA) is 39.2 Å². The maximum atomic E-state index is 12.6. The first-order valence-corrected chi connectivity index (χ1v) is 7.32. The van der Waals surface area contributed by atoms with Gasteiger partial charge in [0.15, 0.2) is 0 Å². The molecular formula is C15H14F3NO2S. The van der Waals surface area contributed by atoms with Crippen LogP contribution in [0.2, 0.25) is 0 Å². The number of hydrogen-bond acceptors (Lipinski definition) is 4. The minimum atomic E-state index is -4.35. The SMILES string of the molecule is CC(=O)OC(C)c1nc(-c2ccc(C(F)(F)F)cc2)sc1C. The van der Waals surface area contributed by atoms with Crippen molar-refractivity contribution < 1.29 is 22.7 Å². The Labute approximate surface area is 129 Å². The van der Waals surface area contributed by atoms with Crippen LogP contribution in [0, 0.1) is 6.92 Å². The molecule has 1 heterocycles. The minimum absolute atomic E-state index is 0.406. The fraction of sp³-hybridized carbons (Fsp3) is 0.333. The molecule has 0 amide bonds. The first kappa shape index (κ1) is 16.5. The third kappa shape index (κ3) is 3.65. The van der Waals surface area contributed by atoms with Gasteiger partial charge in [0.2, 0.25) is 0 Å². The van der Waals surface area contributed by atoms with E-state index in [-0.39, 0.29) is 0 Å². The number of carbonyl (C=O) groups excluding carboxylic acids is 1. The van der Waals surface area contributed by atoms with Gasteiger partial charge in [-0.05, 0) is 26.0 Å². The molecule has 3 nitrogen and oxygen atoms in total. The quantitative estimate of drug-likeness (QED) is 0.762. The van der Waals surface area contributed by atoms with E-state index in [0.29, 0.717) is 16.3 Å². The zero-order valence-corrected chi connectivity index (χ0v) is 13.0. The van der Waals surface area contributed by atoms with E-state index in [1.807, 2.05) is 6.92 Å². The lowest BCUT2D eigenvalue weighted by Gasteiger charge is -2.09. The Bertz CT molecular complexity index is 677. The number of hydrogen-bond donors (Lipinski definition) is 0. The van der Waals surface area contributed by atoms with Gasteiger partial charge < -0.3 is 4.74 Å². The molecule has 2 aromatic rings. The summed E-state index contributed by atoms with van der Waals surface area (Å²) in [6, 6.07) is 4.84. The van der Waals surface area contributed by atoms with E-state index in [4.69, 9.17) is 4.74 Å². The number of ether oxygens (including phenoxy) is 1. The Kier molecular flexibility index (Phi) is 4.55. The number of esters is 1. The molecule has 2 rings (SSSR count). The summed E-state index contributed by atoms with van der Waals surface area (Å²) in [4.78, 5) is 16.2. The smallest absolute Gasteiger partial charge is 0.416 e. The monoisotopic (exact) mass is 329 g/mol. The summed E-state index contributed by atoms with van der Waals surface area (Å²) in [5.41, 5.74) is 0.524. The number of thiazole rings is 1. The number of halogens is 3. The van der Waals surface area contributed by atoms with E-state index in [1.54, 1.807) is 6.92 Å². The van der Waals surface area contributed by atoms with Gasteiger partial charge in [-0.15, -0.1) is 11.3 Å². The molecule has 1 atom stereocenters. The maximum Gasteiger partial charge on any atom is 0.416 e. The largest absolute Gasteiger partial charge is 0.456 e. The van der Waals surface area contributed by atoms with Crippen molar-refractivity contribution in [3.05, 3.63) is 40.4 Å². The standard InChI is InChI=1S/C15H14F3NO2S/c1-8(21-10(3)20)13-9(2)22-14(19-13)11-4-6-12(7-5-11)15(16,17)18/h4-8H,1-3H3. The average Bonchev–Trinajstić information content (AvgIpc) is 2.79. The van der Waals surface area contributed by atoms with Crippen LogP contribution in [0.15, 0.2) is 24.3 Å². The van der Waals surface area contributed by atoms with Crippen LogP contribution in [-0.4, -0.2) is 11.0 Å². The molecule has 7 heteroatoms. The molecule has 0 aliphatic rings. The Morgan fingerprint density at radius 1 is 1.27 bits per heavy atom. The van der Waals surface area contributed by atoms with Crippen LogP contribution in [0.5, 0.6) is 0 Å². The highest BCUT2D eigenvalue weighted by atomic mass is 32.1. The number of nitrogens with zero attached hydrogens (tertiary/aromatic N) is 1. The van der Waals surface area contributed by atoms with E-state index in [2.05, 4.69) is 4.98 Å². The second-order valence-electron chi connectivity index (χ2n) is 4.79. The van der Waals surface area contributed by atoms with Gasteiger partial charge in [-0.2, -0.15) is 13.2 Å². The highest BCUT2D eigenvalue weighted by Gasteiger charge is 2.30. The summed E-state index contributed by atoms with van der Waals surface area (Å²) in [6.07, 6.45) is -4.84. The molecule has 0 radical (unpaired) electrons. The predicted molar refractivity (Wildman–Crippen MR) is 77.5 cm³/mol. The summed E-state index contributed by atoms with van der Waals surface area (Å²) < 4.78 is 42.8. The van der Waals surface area contributed by atoms with Crippen molar-refractivity contribution in [3.63, 3.8) is 0 Å². The van der Waals surface area contributed by atoms with Gasteiger partial charge in [-0.1, -0.05) is 12.1 Å². The number of aromatic nitrogens is 1. The number of benzene rings is 1. The summed E-state index contributed by atoms with van der Waals surface area (Å²) in [5, 5.41) is 0.597. The first-order valence-electron chi connectivity index (χ1n) is 6.50. The number of alkyl halides is 3. The lowest BCUT2D eigenvalue weighted by molar-refractivity contribution is -0.146. The van der Waals surface area contributed by atoms with Crippen LogP contribution in [0.25, 0.3) is 10.6 Å². The summed E-state index contributed by atoms with van der Waals surface area (Å²) in [7, 11) is 0. The van der Waals surface area contributed by atoms with Crippen LogP contribution in [0.3, 0.4) is 0 Å². The molecule has 0 aliphatic heterocycles. The van der Waals surface area contributed by atoms with E-state index in [1.165, 1.54) is 30.4 Å². The van der Waals surface area contributed by atoms with E-state index in [9.17, 15) is 18.0 Å². The summed E-state index contributed by atoms with van der Waals surface area (Å²) in [5.74, 6) is -0.406. The molecule has 0 spiro atoms. The van der Waals surface area contributed by atoms with Crippen LogP contribution in [0.4, 0.5) is 13.2 Å². The molecule has 0 saturated carbocycles. The first-order chi connectivity index (χ1) is 10.2. The third-order valence-corrected chi connectivity index (χ3v) is 4.06. The van der Waals surface area contributed by atoms with Gasteiger partial charge in [0.05, 0.1) is 11.3 Å². The molecule has 0 saturated heterocycles. The van der Waals surface area contributed by atoms with Crippen LogP contribution in [0.1, 0.15) is 36.1 Å². The lowest BCUT2D eigenvalue weighted by Crippen LogP contribution is -2.06. The van der Waals surface area contributed by atoms with Gasteiger partial charge in [0, 0.05) is 17.4 Å². The van der Waals surface area contributed by atoms with Crippen molar-refractivity contribution in [2.75, 3.05) is 0 Å². The van der Waals surface area contributed by atoms with Crippen LogP contribution >= 0.6 is 11.3 Å². The number of aryl methyl sites for hydroxylation is 1.